The third-order valence-electron chi connectivity index (χ3n) is 2.49. The summed E-state index contributed by atoms with van der Waals surface area (Å²) in [6, 6.07) is 1.91. The van der Waals surface area contributed by atoms with Gasteiger partial charge in [-0.2, -0.15) is 5.26 Å². The molecule has 0 N–H and O–H groups in total. The van der Waals surface area contributed by atoms with Gasteiger partial charge in [0.05, 0.1) is 17.3 Å². The number of hydrogen-bond donors (Lipinski definition) is 0. The van der Waals surface area contributed by atoms with Gasteiger partial charge in [0.1, 0.15) is 10.9 Å². The highest BCUT2D eigenvalue weighted by Gasteiger charge is 2.29. The Morgan fingerprint density at radius 3 is 3.20 bits per heavy atom. The highest BCUT2D eigenvalue weighted by Crippen LogP contribution is 2.22. The van der Waals surface area contributed by atoms with Gasteiger partial charge in [-0.15, -0.1) is 11.3 Å². The predicted molar refractivity (Wildman–Crippen MR) is 56.5 cm³/mol. The summed E-state index contributed by atoms with van der Waals surface area (Å²) in [5.74, 6) is -0.0512. The van der Waals surface area contributed by atoms with Gasteiger partial charge in [-0.3, -0.25) is 4.79 Å². The number of thiazole rings is 1. The highest BCUT2D eigenvalue weighted by molar-refractivity contribution is 7.13. The van der Waals surface area contributed by atoms with Gasteiger partial charge in [0, 0.05) is 6.54 Å². The summed E-state index contributed by atoms with van der Waals surface area (Å²) in [6.07, 6.45) is 3.30. The minimum absolute atomic E-state index is 0.0512. The van der Waals surface area contributed by atoms with Crippen LogP contribution < -0.4 is 0 Å². The van der Waals surface area contributed by atoms with Gasteiger partial charge in [-0.05, 0) is 19.8 Å². The van der Waals surface area contributed by atoms with Crippen LogP contribution >= 0.6 is 11.3 Å². The molecule has 5 heteroatoms. The van der Waals surface area contributed by atoms with E-state index in [1.807, 2.05) is 6.92 Å². The third kappa shape index (κ3) is 1.85. The standard InChI is InChI=1S/C10H11N3OS/c1-7-12-6-9(15-7)10(14)13-4-2-3-8(13)5-11/h6,8H,2-4H2,1H3. The Labute approximate surface area is 92.2 Å². The number of aromatic nitrogens is 1. The Hall–Kier alpha value is -1.41. The predicted octanol–water partition coefficient (Wildman–Crippen LogP) is 1.58. The Kier molecular flexibility index (Phi) is 2.69. The lowest BCUT2D eigenvalue weighted by Crippen LogP contribution is -2.34. The van der Waals surface area contributed by atoms with Crippen molar-refractivity contribution in [3.8, 4) is 6.07 Å². The number of hydrogen-bond acceptors (Lipinski definition) is 4. The highest BCUT2D eigenvalue weighted by atomic mass is 32.1. The molecule has 1 unspecified atom stereocenters. The van der Waals surface area contributed by atoms with Gasteiger partial charge in [0.15, 0.2) is 0 Å². The molecule has 0 spiro atoms. The van der Waals surface area contributed by atoms with Gasteiger partial charge < -0.3 is 4.90 Å². The van der Waals surface area contributed by atoms with Crippen LogP contribution in [0.1, 0.15) is 27.5 Å². The molecular weight excluding hydrogens is 210 g/mol. The molecule has 0 radical (unpaired) electrons. The fourth-order valence-corrected chi connectivity index (χ4v) is 2.48. The molecule has 1 saturated heterocycles. The van der Waals surface area contributed by atoms with Crippen molar-refractivity contribution < 1.29 is 4.79 Å². The second-order valence-corrected chi connectivity index (χ2v) is 4.76. The van der Waals surface area contributed by atoms with E-state index in [1.165, 1.54) is 11.3 Å². The summed E-state index contributed by atoms with van der Waals surface area (Å²) in [5.41, 5.74) is 0. The van der Waals surface area contributed by atoms with Crippen molar-refractivity contribution in [2.24, 2.45) is 0 Å². The van der Waals surface area contributed by atoms with E-state index in [-0.39, 0.29) is 11.9 Å². The van der Waals surface area contributed by atoms with Crippen molar-refractivity contribution in [3.05, 3.63) is 16.1 Å². The molecule has 0 bridgehead atoms. The van der Waals surface area contributed by atoms with Crippen LogP contribution in [0.5, 0.6) is 0 Å². The number of likely N-dealkylation sites (tertiary alicyclic amines) is 1. The number of nitrogens with zero attached hydrogens (tertiary/aromatic N) is 3. The Bertz CT molecular complexity index is 421. The Morgan fingerprint density at radius 1 is 1.80 bits per heavy atom. The fourth-order valence-electron chi connectivity index (χ4n) is 1.75. The molecule has 1 aliphatic rings. The van der Waals surface area contributed by atoms with Crippen molar-refractivity contribution in [2.45, 2.75) is 25.8 Å². The first-order chi connectivity index (χ1) is 7.22. The molecule has 78 valence electrons. The van der Waals surface area contributed by atoms with Crippen LogP contribution in [0.3, 0.4) is 0 Å². The zero-order valence-electron chi connectivity index (χ0n) is 8.43. The smallest absolute Gasteiger partial charge is 0.266 e. The summed E-state index contributed by atoms with van der Waals surface area (Å²) >= 11 is 1.38. The molecular formula is C10H11N3OS. The van der Waals surface area contributed by atoms with E-state index >= 15 is 0 Å². The van der Waals surface area contributed by atoms with Crippen molar-refractivity contribution in [2.75, 3.05) is 6.54 Å². The van der Waals surface area contributed by atoms with E-state index in [9.17, 15) is 4.79 Å². The van der Waals surface area contributed by atoms with Crippen LogP contribution in [-0.4, -0.2) is 28.4 Å². The maximum absolute atomic E-state index is 12.0. The summed E-state index contributed by atoms with van der Waals surface area (Å²) < 4.78 is 0. The third-order valence-corrected chi connectivity index (χ3v) is 3.40. The van der Waals surface area contributed by atoms with E-state index in [1.54, 1.807) is 11.1 Å². The molecule has 1 amide bonds. The van der Waals surface area contributed by atoms with E-state index in [0.29, 0.717) is 11.4 Å². The average Bonchev–Trinajstić information content (AvgIpc) is 2.84. The molecule has 0 aliphatic carbocycles. The van der Waals surface area contributed by atoms with Crippen LogP contribution in [0.4, 0.5) is 0 Å². The van der Waals surface area contributed by atoms with Crippen LogP contribution in [0.2, 0.25) is 0 Å². The normalized spacial score (nSPS) is 20.3. The maximum Gasteiger partial charge on any atom is 0.266 e. The van der Waals surface area contributed by atoms with Gasteiger partial charge in [0.25, 0.3) is 5.91 Å². The largest absolute Gasteiger partial charge is 0.322 e. The van der Waals surface area contributed by atoms with Crippen molar-refractivity contribution >= 4 is 17.2 Å². The summed E-state index contributed by atoms with van der Waals surface area (Å²) in [6.45, 7) is 2.56. The average molecular weight is 221 g/mol. The molecule has 1 fully saturated rings. The van der Waals surface area contributed by atoms with E-state index in [2.05, 4.69) is 11.1 Å². The lowest BCUT2D eigenvalue weighted by molar-refractivity contribution is 0.0769. The molecule has 1 atom stereocenters. The first-order valence-corrected chi connectivity index (χ1v) is 5.67. The van der Waals surface area contributed by atoms with E-state index in [4.69, 9.17) is 5.26 Å². The number of aryl methyl sites for hydroxylation is 1. The van der Waals surface area contributed by atoms with Gasteiger partial charge in [-0.25, -0.2) is 4.98 Å². The number of amides is 1. The minimum Gasteiger partial charge on any atom is -0.322 e. The van der Waals surface area contributed by atoms with Crippen LogP contribution in [0, 0.1) is 18.3 Å². The lowest BCUT2D eigenvalue weighted by Gasteiger charge is -2.17. The van der Waals surface area contributed by atoms with Gasteiger partial charge in [-0.1, -0.05) is 0 Å². The van der Waals surface area contributed by atoms with Crippen LogP contribution in [0.25, 0.3) is 0 Å². The molecule has 15 heavy (non-hydrogen) atoms. The molecule has 4 nitrogen and oxygen atoms in total. The second kappa shape index (κ2) is 3.99. The molecule has 0 saturated carbocycles. The van der Waals surface area contributed by atoms with Gasteiger partial charge >= 0.3 is 0 Å². The molecule has 1 aromatic rings. The summed E-state index contributed by atoms with van der Waals surface area (Å²) in [5, 5.41) is 9.76. The first-order valence-electron chi connectivity index (χ1n) is 4.85. The Balaban J connectivity index is 2.18. The molecule has 1 aromatic heterocycles. The molecule has 0 aromatic carbocycles. The van der Waals surface area contributed by atoms with Crippen molar-refractivity contribution in [1.29, 1.82) is 5.26 Å². The minimum atomic E-state index is -0.250. The van der Waals surface area contributed by atoms with Gasteiger partial charge in [0.2, 0.25) is 0 Å². The quantitative estimate of drug-likeness (QED) is 0.723. The molecule has 1 aliphatic heterocycles. The first kappa shape index (κ1) is 10.1. The zero-order valence-corrected chi connectivity index (χ0v) is 9.25. The summed E-state index contributed by atoms with van der Waals surface area (Å²) in [4.78, 5) is 18.3. The summed E-state index contributed by atoms with van der Waals surface area (Å²) in [7, 11) is 0. The fraction of sp³-hybridized carbons (Fsp3) is 0.500. The number of rotatable bonds is 1. The number of nitriles is 1. The van der Waals surface area contributed by atoms with Crippen molar-refractivity contribution in [1.82, 2.24) is 9.88 Å². The van der Waals surface area contributed by atoms with E-state index in [0.717, 1.165) is 17.8 Å². The molecule has 2 rings (SSSR count). The zero-order chi connectivity index (χ0) is 10.8. The number of carbonyl (C=O) groups excluding carboxylic acids is 1. The maximum atomic E-state index is 12.0. The SMILES string of the molecule is Cc1ncc(C(=O)N2CCCC2C#N)s1. The number of carbonyl (C=O) groups is 1. The lowest BCUT2D eigenvalue weighted by atomic mass is 10.2. The second-order valence-electron chi connectivity index (χ2n) is 3.53. The Morgan fingerprint density at radius 2 is 2.60 bits per heavy atom. The van der Waals surface area contributed by atoms with E-state index < -0.39 is 0 Å². The van der Waals surface area contributed by atoms with Crippen LogP contribution in [0.15, 0.2) is 6.20 Å². The molecule has 2 heterocycles. The van der Waals surface area contributed by atoms with Crippen molar-refractivity contribution in [3.63, 3.8) is 0 Å². The van der Waals surface area contributed by atoms with Crippen LogP contribution in [-0.2, 0) is 0 Å². The topological polar surface area (TPSA) is 57.0 Å². The monoisotopic (exact) mass is 221 g/mol.